The topological polar surface area (TPSA) is 82.2 Å². The number of morpholine rings is 1. The molecule has 3 rings (SSSR count). The summed E-state index contributed by atoms with van der Waals surface area (Å²) in [4.78, 5) is 41.9. The van der Waals surface area contributed by atoms with Crippen molar-refractivity contribution in [3.05, 3.63) is 24.3 Å². The molecule has 2 heterocycles. The van der Waals surface area contributed by atoms with Gasteiger partial charge in [-0.1, -0.05) is 0 Å². The number of hydrogen-bond acceptors (Lipinski definition) is 5. The number of nitrogens with zero attached hydrogens (tertiary/aromatic N) is 3. The van der Waals surface area contributed by atoms with Crippen molar-refractivity contribution >= 4 is 29.1 Å². The molecule has 0 radical (unpaired) electrons. The summed E-state index contributed by atoms with van der Waals surface area (Å²) in [5.41, 5.74) is 1.82. The number of likely N-dealkylation sites (tertiary alicyclic amines) is 1. The van der Waals surface area contributed by atoms with Crippen LogP contribution in [-0.4, -0.2) is 80.5 Å². The number of anilines is 2. The number of rotatable bonds is 5. The van der Waals surface area contributed by atoms with Gasteiger partial charge in [0.25, 0.3) is 0 Å². The molecule has 29 heavy (non-hydrogen) atoms. The number of piperidine rings is 1. The Kier molecular flexibility index (Phi) is 7.09. The molecule has 0 spiro atoms. The molecule has 3 amide bonds. The third kappa shape index (κ3) is 5.69. The minimum atomic E-state index is -0.221. The van der Waals surface area contributed by atoms with Gasteiger partial charge in [0, 0.05) is 57.4 Å². The number of benzene rings is 1. The van der Waals surface area contributed by atoms with Gasteiger partial charge in [-0.3, -0.25) is 14.4 Å². The first-order valence-corrected chi connectivity index (χ1v) is 10.2. The van der Waals surface area contributed by atoms with E-state index in [2.05, 4.69) is 10.2 Å². The standard InChI is InChI=1S/C21H30N4O4/c1-16(26)24-9-7-17(8-10-24)21(28)23(2)15-20(27)22-18-3-5-19(6-4-18)25-11-13-29-14-12-25/h3-6,17H,7-15H2,1-2H3,(H,22,27). The van der Waals surface area contributed by atoms with E-state index in [1.807, 2.05) is 24.3 Å². The highest BCUT2D eigenvalue weighted by molar-refractivity contribution is 5.95. The zero-order chi connectivity index (χ0) is 20.8. The zero-order valence-corrected chi connectivity index (χ0v) is 17.2. The van der Waals surface area contributed by atoms with E-state index >= 15 is 0 Å². The van der Waals surface area contributed by atoms with Crippen LogP contribution >= 0.6 is 0 Å². The van der Waals surface area contributed by atoms with E-state index in [1.54, 1.807) is 18.9 Å². The predicted octanol–water partition coefficient (Wildman–Crippen LogP) is 1.18. The normalized spacial score (nSPS) is 17.7. The second-order valence-corrected chi connectivity index (χ2v) is 7.67. The number of amides is 3. The van der Waals surface area contributed by atoms with E-state index in [9.17, 15) is 14.4 Å². The predicted molar refractivity (Wildman–Crippen MR) is 111 cm³/mol. The highest BCUT2D eigenvalue weighted by atomic mass is 16.5. The van der Waals surface area contributed by atoms with Crippen molar-refractivity contribution in [3.8, 4) is 0 Å². The Morgan fingerprint density at radius 2 is 1.69 bits per heavy atom. The lowest BCUT2D eigenvalue weighted by molar-refractivity contribution is -0.140. The maximum atomic E-state index is 12.6. The van der Waals surface area contributed by atoms with Crippen molar-refractivity contribution in [2.75, 3.05) is 63.2 Å². The van der Waals surface area contributed by atoms with Crippen LogP contribution in [0, 0.1) is 5.92 Å². The van der Waals surface area contributed by atoms with E-state index in [0.29, 0.717) is 31.6 Å². The molecule has 2 fully saturated rings. The second kappa shape index (κ2) is 9.73. The SMILES string of the molecule is CC(=O)N1CCC(C(=O)N(C)CC(=O)Nc2ccc(N3CCOCC3)cc2)CC1. The first-order valence-electron chi connectivity index (χ1n) is 10.2. The fourth-order valence-corrected chi connectivity index (χ4v) is 3.82. The van der Waals surface area contributed by atoms with Crippen molar-refractivity contribution in [3.63, 3.8) is 0 Å². The Morgan fingerprint density at radius 1 is 1.07 bits per heavy atom. The van der Waals surface area contributed by atoms with Crippen LogP contribution in [0.1, 0.15) is 19.8 Å². The summed E-state index contributed by atoms with van der Waals surface area (Å²) >= 11 is 0. The molecule has 8 nitrogen and oxygen atoms in total. The molecule has 0 aliphatic carbocycles. The monoisotopic (exact) mass is 402 g/mol. The Bertz CT molecular complexity index is 723. The summed E-state index contributed by atoms with van der Waals surface area (Å²) in [6.07, 6.45) is 1.29. The number of nitrogens with one attached hydrogen (secondary N) is 1. The van der Waals surface area contributed by atoms with Crippen molar-refractivity contribution in [2.24, 2.45) is 5.92 Å². The van der Waals surface area contributed by atoms with E-state index < -0.39 is 0 Å². The van der Waals surface area contributed by atoms with Crippen molar-refractivity contribution in [2.45, 2.75) is 19.8 Å². The average molecular weight is 402 g/mol. The lowest BCUT2D eigenvalue weighted by Gasteiger charge is -2.32. The molecule has 8 heteroatoms. The molecule has 0 aromatic heterocycles. The molecule has 1 N–H and O–H groups in total. The molecule has 0 saturated carbocycles. The minimum Gasteiger partial charge on any atom is -0.378 e. The van der Waals surface area contributed by atoms with Crippen LogP contribution in [0.25, 0.3) is 0 Å². The molecule has 2 saturated heterocycles. The van der Waals surface area contributed by atoms with Crippen LogP contribution in [0.15, 0.2) is 24.3 Å². The van der Waals surface area contributed by atoms with Gasteiger partial charge in [0.2, 0.25) is 17.7 Å². The van der Waals surface area contributed by atoms with Crippen LogP contribution in [-0.2, 0) is 19.1 Å². The smallest absolute Gasteiger partial charge is 0.243 e. The van der Waals surface area contributed by atoms with Crippen molar-refractivity contribution in [1.29, 1.82) is 0 Å². The first-order chi connectivity index (χ1) is 13.9. The lowest BCUT2D eigenvalue weighted by atomic mass is 9.95. The molecule has 0 atom stereocenters. The molecule has 0 unspecified atom stereocenters. The van der Waals surface area contributed by atoms with Gasteiger partial charge < -0.3 is 24.8 Å². The van der Waals surface area contributed by atoms with Gasteiger partial charge >= 0.3 is 0 Å². The highest BCUT2D eigenvalue weighted by Gasteiger charge is 2.28. The third-order valence-corrected chi connectivity index (χ3v) is 5.57. The second-order valence-electron chi connectivity index (χ2n) is 7.67. The lowest BCUT2D eigenvalue weighted by Crippen LogP contribution is -2.44. The van der Waals surface area contributed by atoms with Gasteiger partial charge in [0.15, 0.2) is 0 Å². The summed E-state index contributed by atoms with van der Waals surface area (Å²) in [5.74, 6) is -0.341. The molecule has 0 bridgehead atoms. The summed E-state index contributed by atoms with van der Waals surface area (Å²) in [5, 5.41) is 2.85. The zero-order valence-electron chi connectivity index (χ0n) is 17.2. The number of ether oxygens (including phenoxy) is 1. The Labute approximate surface area is 171 Å². The summed E-state index contributed by atoms with van der Waals surface area (Å²) in [6, 6.07) is 7.72. The van der Waals surface area contributed by atoms with E-state index in [1.165, 1.54) is 4.90 Å². The largest absolute Gasteiger partial charge is 0.378 e. The number of carbonyl (C=O) groups excluding carboxylic acids is 3. The quantitative estimate of drug-likeness (QED) is 0.800. The van der Waals surface area contributed by atoms with E-state index in [4.69, 9.17) is 4.74 Å². The summed E-state index contributed by atoms with van der Waals surface area (Å²) in [7, 11) is 1.65. The summed E-state index contributed by atoms with van der Waals surface area (Å²) < 4.78 is 5.37. The number of hydrogen-bond donors (Lipinski definition) is 1. The van der Waals surface area contributed by atoms with E-state index in [0.717, 1.165) is 32.0 Å². The van der Waals surface area contributed by atoms with Crippen LogP contribution in [0.2, 0.25) is 0 Å². The molecular weight excluding hydrogens is 372 g/mol. The average Bonchev–Trinajstić information content (AvgIpc) is 2.74. The van der Waals surface area contributed by atoms with Gasteiger partial charge in [-0.2, -0.15) is 0 Å². The Balaban J connectivity index is 1.46. The van der Waals surface area contributed by atoms with Crippen molar-refractivity contribution in [1.82, 2.24) is 9.80 Å². The highest BCUT2D eigenvalue weighted by Crippen LogP contribution is 2.20. The van der Waals surface area contributed by atoms with E-state index in [-0.39, 0.29) is 30.2 Å². The molecule has 1 aromatic rings. The minimum absolute atomic E-state index is 0.0109. The molecular formula is C21H30N4O4. The van der Waals surface area contributed by atoms with Gasteiger partial charge in [0.1, 0.15) is 0 Å². The van der Waals surface area contributed by atoms with Gasteiger partial charge in [-0.05, 0) is 37.1 Å². The summed E-state index contributed by atoms with van der Waals surface area (Å²) in [6.45, 7) is 5.94. The van der Waals surface area contributed by atoms with Crippen LogP contribution in [0.5, 0.6) is 0 Å². The van der Waals surface area contributed by atoms with Gasteiger partial charge in [-0.15, -0.1) is 0 Å². The molecule has 1 aromatic carbocycles. The van der Waals surface area contributed by atoms with Gasteiger partial charge in [0.05, 0.1) is 19.8 Å². The van der Waals surface area contributed by atoms with Crippen molar-refractivity contribution < 1.29 is 19.1 Å². The maximum absolute atomic E-state index is 12.6. The number of carbonyl (C=O) groups is 3. The molecule has 2 aliphatic rings. The van der Waals surface area contributed by atoms with Gasteiger partial charge in [-0.25, -0.2) is 0 Å². The molecule has 158 valence electrons. The van der Waals surface area contributed by atoms with Crippen LogP contribution in [0.4, 0.5) is 11.4 Å². The van der Waals surface area contributed by atoms with Crippen LogP contribution in [0.3, 0.4) is 0 Å². The first kappa shape index (κ1) is 21.1. The fraction of sp³-hybridized carbons (Fsp3) is 0.571. The number of likely N-dealkylation sites (N-methyl/N-ethyl adjacent to an activating group) is 1. The Hall–Kier alpha value is -2.61. The van der Waals surface area contributed by atoms with Crippen LogP contribution < -0.4 is 10.2 Å². The fourth-order valence-electron chi connectivity index (χ4n) is 3.82. The maximum Gasteiger partial charge on any atom is 0.243 e. The molecule has 2 aliphatic heterocycles. The third-order valence-electron chi connectivity index (χ3n) is 5.57. The Morgan fingerprint density at radius 3 is 2.28 bits per heavy atom.